The SMILES string of the molecule is Cc1ccc(/C=N/NC(=O)c2c(C)nc3cc(C)ccn23)cc1. The van der Waals surface area contributed by atoms with E-state index in [4.69, 9.17) is 0 Å². The van der Waals surface area contributed by atoms with E-state index in [1.807, 2.05) is 63.4 Å². The summed E-state index contributed by atoms with van der Waals surface area (Å²) in [4.78, 5) is 16.8. The molecule has 0 radical (unpaired) electrons. The highest BCUT2D eigenvalue weighted by atomic mass is 16.2. The molecule has 1 amide bonds. The van der Waals surface area contributed by atoms with Gasteiger partial charge in [-0.05, 0) is 44.0 Å². The predicted molar refractivity (Wildman–Crippen MR) is 90.9 cm³/mol. The van der Waals surface area contributed by atoms with Gasteiger partial charge in [-0.1, -0.05) is 29.8 Å². The van der Waals surface area contributed by atoms with E-state index in [0.717, 1.165) is 16.8 Å². The number of pyridine rings is 1. The number of hydrazone groups is 1. The lowest BCUT2D eigenvalue weighted by Crippen LogP contribution is -2.20. The molecule has 0 fully saturated rings. The third-order valence-corrected chi connectivity index (χ3v) is 3.63. The number of nitrogens with zero attached hydrogens (tertiary/aromatic N) is 3. The molecule has 0 aliphatic heterocycles. The van der Waals surface area contributed by atoms with Gasteiger partial charge in [-0.25, -0.2) is 10.4 Å². The average Bonchev–Trinajstić information content (AvgIpc) is 2.84. The molecule has 3 aromatic rings. The maximum atomic E-state index is 12.4. The minimum absolute atomic E-state index is 0.276. The molecule has 1 aromatic carbocycles. The number of hydrogen-bond acceptors (Lipinski definition) is 3. The molecule has 0 aliphatic rings. The van der Waals surface area contributed by atoms with Gasteiger partial charge in [-0.3, -0.25) is 9.20 Å². The van der Waals surface area contributed by atoms with Gasteiger partial charge in [0.2, 0.25) is 0 Å². The fourth-order valence-corrected chi connectivity index (χ4v) is 2.41. The second-order valence-electron chi connectivity index (χ2n) is 5.59. The van der Waals surface area contributed by atoms with Crippen LogP contribution < -0.4 is 5.43 Å². The average molecular weight is 306 g/mol. The van der Waals surface area contributed by atoms with Crippen molar-refractivity contribution in [3.05, 3.63) is 70.7 Å². The van der Waals surface area contributed by atoms with Crippen molar-refractivity contribution in [1.82, 2.24) is 14.8 Å². The van der Waals surface area contributed by atoms with Crippen LogP contribution in [0.4, 0.5) is 0 Å². The van der Waals surface area contributed by atoms with E-state index >= 15 is 0 Å². The van der Waals surface area contributed by atoms with Crippen LogP contribution in [0.3, 0.4) is 0 Å². The summed E-state index contributed by atoms with van der Waals surface area (Å²) < 4.78 is 1.78. The monoisotopic (exact) mass is 306 g/mol. The molecular formula is C18H18N4O. The first-order valence-electron chi connectivity index (χ1n) is 7.40. The molecule has 0 saturated carbocycles. The van der Waals surface area contributed by atoms with E-state index in [2.05, 4.69) is 15.5 Å². The minimum Gasteiger partial charge on any atom is -0.295 e. The van der Waals surface area contributed by atoms with E-state index in [1.165, 1.54) is 5.56 Å². The predicted octanol–water partition coefficient (Wildman–Crippen LogP) is 3.02. The van der Waals surface area contributed by atoms with Crippen LogP contribution in [0.25, 0.3) is 5.65 Å². The van der Waals surface area contributed by atoms with Crippen molar-refractivity contribution in [1.29, 1.82) is 0 Å². The maximum Gasteiger partial charge on any atom is 0.290 e. The van der Waals surface area contributed by atoms with Crippen LogP contribution in [0.5, 0.6) is 0 Å². The summed E-state index contributed by atoms with van der Waals surface area (Å²) in [6.45, 7) is 5.84. The summed E-state index contributed by atoms with van der Waals surface area (Å²) in [5.74, 6) is -0.276. The molecule has 0 bridgehead atoms. The molecule has 5 heteroatoms. The van der Waals surface area contributed by atoms with Gasteiger partial charge in [0, 0.05) is 6.20 Å². The van der Waals surface area contributed by atoms with Crippen molar-refractivity contribution < 1.29 is 4.79 Å². The van der Waals surface area contributed by atoms with Gasteiger partial charge < -0.3 is 0 Å². The smallest absolute Gasteiger partial charge is 0.290 e. The second-order valence-corrected chi connectivity index (χ2v) is 5.59. The summed E-state index contributed by atoms with van der Waals surface area (Å²) in [6, 6.07) is 11.8. The number of carbonyl (C=O) groups is 1. The van der Waals surface area contributed by atoms with Gasteiger partial charge in [0.1, 0.15) is 11.3 Å². The maximum absolute atomic E-state index is 12.4. The van der Waals surface area contributed by atoms with E-state index < -0.39 is 0 Å². The zero-order valence-corrected chi connectivity index (χ0v) is 13.4. The molecule has 2 aromatic heterocycles. The standard InChI is InChI=1S/C18H18N4O/c1-12-4-6-15(7-5-12)11-19-21-18(23)17-14(3)20-16-10-13(2)8-9-22(16)17/h4-11H,1-3H3,(H,21,23)/b19-11+. The summed E-state index contributed by atoms with van der Waals surface area (Å²) in [7, 11) is 0. The topological polar surface area (TPSA) is 58.8 Å². The second kappa shape index (κ2) is 6.04. The highest BCUT2D eigenvalue weighted by Gasteiger charge is 2.15. The number of carbonyl (C=O) groups excluding carboxylic acids is 1. The molecule has 0 saturated heterocycles. The van der Waals surface area contributed by atoms with E-state index in [0.29, 0.717) is 11.4 Å². The molecule has 23 heavy (non-hydrogen) atoms. The van der Waals surface area contributed by atoms with Gasteiger partial charge in [0.05, 0.1) is 11.9 Å². The molecule has 0 unspecified atom stereocenters. The van der Waals surface area contributed by atoms with Gasteiger partial charge in [-0.15, -0.1) is 0 Å². The Morgan fingerprint density at radius 2 is 1.87 bits per heavy atom. The van der Waals surface area contributed by atoms with Crippen LogP contribution in [0.15, 0.2) is 47.7 Å². The molecule has 0 aliphatic carbocycles. The highest BCUT2D eigenvalue weighted by Crippen LogP contribution is 2.13. The number of rotatable bonds is 3. The zero-order chi connectivity index (χ0) is 16.4. The zero-order valence-electron chi connectivity index (χ0n) is 13.4. The number of imidazole rings is 1. The van der Waals surface area contributed by atoms with Crippen molar-refractivity contribution in [2.45, 2.75) is 20.8 Å². The Balaban J connectivity index is 1.81. The fourth-order valence-electron chi connectivity index (χ4n) is 2.41. The molecule has 0 atom stereocenters. The van der Waals surface area contributed by atoms with Gasteiger partial charge in [0.25, 0.3) is 5.91 Å². The molecular weight excluding hydrogens is 288 g/mol. The van der Waals surface area contributed by atoms with Crippen LogP contribution in [0.2, 0.25) is 0 Å². The number of aryl methyl sites for hydroxylation is 3. The largest absolute Gasteiger partial charge is 0.295 e. The number of aromatic nitrogens is 2. The van der Waals surface area contributed by atoms with Gasteiger partial charge in [0.15, 0.2) is 0 Å². The number of hydrogen-bond donors (Lipinski definition) is 1. The quantitative estimate of drug-likeness (QED) is 0.597. The van der Waals surface area contributed by atoms with Gasteiger partial charge >= 0.3 is 0 Å². The molecule has 5 nitrogen and oxygen atoms in total. The summed E-state index contributed by atoms with van der Waals surface area (Å²) in [5, 5.41) is 4.03. The van der Waals surface area contributed by atoms with E-state index in [-0.39, 0.29) is 5.91 Å². The van der Waals surface area contributed by atoms with Crippen molar-refractivity contribution in [2.24, 2.45) is 5.10 Å². The van der Waals surface area contributed by atoms with Crippen molar-refractivity contribution in [3.63, 3.8) is 0 Å². The molecule has 2 heterocycles. The number of amides is 1. The Labute approximate surface area is 134 Å². The lowest BCUT2D eigenvalue weighted by Gasteiger charge is -2.02. The van der Waals surface area contributed by atoms with Crippen LogP contribution in [-0.2, 0) is 0 Å². The third-order valence-electron chi connectivity index (χ3n) is 3.63. The summed E-state index contributed by atoms with van der Waals surface area (Å²) in [5.41, 5.74) is 7.72. The van der Waals surface area contributed by atoms with Crippen molar-refractivity contribution >= 4 is 17.8 Å². The molecule has 0 spiro atoms. The lowest BCUT2D eigenvalue weighted by atomic mass is 10.2. The number of fused-ring (bicyclic) bond motifs is 1. The normalized spacial score (nSPS) is 11.3. The summed E-state index contributed by atoms with van der Waals surface area (Å²) >= 11 is 0. The van der Waals surface area contributed by atoms with Crippen LogP contribution in [0.1, 0.15) is 32.9 Å². The Kier molecular flexibility index (Phi) is 3.93. The first-order chi connectivity index (χ1) is 11.0. The Morgan fingerprint density at radius 1 is 1.13 bits per heavy atom. The fraction of sp³-hybridized carbons (Fsp3) is 0.167. The summed E-state index contributed by atoms with van der Waals surface area (Å²) in [6.07, 6.45) is 3.48. The van der Waals surface area contributed by atoms with Crippen molar-refractivity contribution in [2.75, 3.05) is 0 Å². The lowest BCUT2D eigenvalue weighted by molar-refractivity contribution is 0.0948. The number of benzene rings is 1. The first kappa shape index (κ1) is 15.0. The van der Waals surface area contributed by atoms with Crippen LogP contribution in [-0.4, -0.2) is 21.5 Å². The molecule has 1 N–H and O–H groups in total. The first-order valence-corrected chi connectivity index (χ1v) is 7.40. The van der Waals surface area contributed by atoms with Crippen LogP contribution in [0, 0.1) is 20.8 Å². The highest BCUT2D eigenvalue weighted by molar-refractivity contribution is 5.95. The van der Waals surface area contributed by atoms with E-state index in [9.17, 15) is 4.79 Å². The van der Waals surface area contributed by atoms with Crippen molar-refractivity contribution in [3.8, 4) is 0 Å². The van der Waals surface area contributed by atoms with E-state index in [1.54, 1.807) is 10.6 Å². The molecule has 116 valence electrons. The number of nitrogens with one attached hydrogen (secondary N) is 1. The third kappa shape index (κ3) is 3.13. The minimum atomic E-state index is -0.276. The Hall–Kier alpha value is -2.95. The van der Waals surface area contributed by atoms with Crippen LogP contribution >= 0.6 is 0 Å². The molecule has 3 rings (SSSR count). The Bertz CT molecular complexity index is 891. The Morgan fingerprint density at radius 3 is 2.61 bits per heavy atom. The van der Waals surface area contributed by atoms with Gasteiger partial charge in [-0.2, -0.15) is 5.10 Å².